The summed E-state index contributed by atoms with van der Waals surface area (Å²) >= 11 is 0. The molecule has 0 heterocycles. The van der Waals surface area contributed by atoms with Crippen molar-refractivity contribution >= 4 is 5.96 Å². The van der Waals surface area contributed by atoms with Crippen molar-refractivity contribution in [3.05, 3.63) is 35.9 Å². The second-order valence-corrected chi connectivity index (χ2v) is 6.46. The Bertz CT molecular complexity index is 452. The second kappa shape index (κ2) is 10.3. The van der Waals surface area contributed by atoms with Crippen molar-refractivity contribution in [2.24, 2.45) is 4.99 Å². The van der Waals surface area contributed by atoms with Crippen LogP contribution in [-0.4, -0.2) is 43.6 Å². The van der Waals surface area contributed by atoms with Crippen LogP contribution in [0, 0.1) is 0 Å². The first-order valence-electron chi connectivity index (χ1n) is 9.05. The largest absolute Gasteiger partial charge is 0.357 e. The third-order valence-corrected chi connectivity index (χ3v) is 4.30. The van der Waals surface area contributed by atoms with Crippen molar-refractivity contribution in [1.82, 2.24) is 15.5 Å². The van der Waals surface area contributed by atoms with Crippen LogP contribution in [0.5, 0.6) is 0 Å². The summed E-state index contributed by atoms with van der Waals surface area (Å²) in [5.74, 6) is 0.991. The van der Waals surface area contributed by atoms with Crippen LogP contribution in [-0.2, 0) is 6.54 Å². The summed E-state index contributed by atoms with van der Waals surface area (Å²) in [7, 11) is 2.18. The lowest BCUT2D eigenvalue weighted by molar-refractivity contribution is 0.324. The number of guanidine groups is 1. The highest BCUT2D eigenvalue weighted by molar-refractivity contribution is 5.80. The fourth-order valence-corrected chi connectivity index (χ4v) is 3.09. The predicted molar refractivity (Wildman–Crippen MR) is 98.8 cm³/mol. The van der Waals surface area contributed by atoms with Crippen LogP contribution in [0.1, 0.15) is 44.6 Å². The summed E-state index contributed by atoms with van der Waals surface area (Å²) in [5.41, 5.74) is 1.37. The summed E-state index contributed by atoms with van der Waals surface area (Å²) in [6.45, 7) is 6.00. The Morgan fingerprint density at radius 2 is 1.96 bits per heavy atom. The summed E-state index contributed by atoms with van der Waals surface area (Å²) in [4.78, 5) is 7.09. The van der Waals surface area contributed by atoms with E-state index in [9.17, 15) is 0 Å². The van der Waals surface area contributed by atoms with Crippen LogP contribution >= 0.6 is 0 Å². The summed E-state index contributed by atoms with van der Waals surface area (Å²) < 4.78 is 0. The average Bonchev–Trinajstić information content (AvgIpc) is 3.05. The van der Waals surface area contributed by atoms with Crippen molar-refractivity contribution in [3.8, 4) is 0 Å². The van der Waals surface area contributed by atoms with Gasteiger partial charge in [-0.25, -0.2) is 0 Å². The first kappa shape index (κ1) is 17.8. The summed E-state index contributed by atoms with van der Waals surface area (Å²) in [6.07, 6.45) is 6.35. The molecule has 2 N–H and O–H groups in total. The Hall–Kier alpha value is -1.55. The van der Waals surface area contributed by atoms with Gasteiger partial charge in [-0.15, -0.1) is 0 Å². The number of nitrogens with one attached hydrogen (secondary N) is 2. The fourth-order valence-electron chi connectivity index (χ4n) is 3.09. The van der Waals surface area contributed by atoms with Gasteiger partial charge in [0.1, 0.15) is 0 Å². The van der Waals surface area contributed by atoms with E-state index in [1.54, 1.807) is 0 Å². The number of aliphatic imine (C=N–C) groups is 1. The topological polar surface area (TPSA) is 39.7 Å². The molecule has 1 aliphatic rings. The number of benzene rings is 1. The van der Waals surface area contributed by atoms with Crippen molar-refractivity contribution in [3.63, 3.8) is 0 Å². The van der Waals surface area contributed by atoms with E-state index in [2.05, 4.69) is 59.8 Å². The van der Waals surface area contributed by atoms with Crippen LogP contribution in [0.4, 0.5) is 0 Å². The third-order valence-electron chi connectivity index (χ3n) is 4.30. The average molecular weight is 316 g/mol. The van der Waals surface area contributed by atoms with Gasteiger partial charge in [0.15, 0.2) is 5.96 Å². The minimum atomic E-state index is 0.619. The van der Waals surface area contributed by atoms with E-state index in [0.717, 1.165) is 38.6 Å². The lowest BCUT2D eigenvalue weighted by Gasteiger charge is -2.18. The smallest absolute Gasteiger partial charge is 0.191 e. The lowest BCUT2D eigenvalue weighted by Crippen LogP contribution is -2.42. The van der Waals surface area contributed by atoms with Gasteiger partial charge < -0.3 is 15.5 Å². The standard InChI is InChI=1S/C19H32N4/c1-3-20-19(22-18-12-7-8-13-18)21-14-9-15-23(2)16-17-10-5-4-6-11-17/h4-6,10-11,18H,3,7-9,12-16H2,1-2H3,(H2,20,21,22). The predicted octanol–water partition coefficient (Wildman–Crippen LogP) is 3.01. The quantitative estimate of drug-likeness (QED) is 0.440. The van der Waals surface area contributed by atoms with Crippen LogP contribution in [0.15, 0.2) is 35.3 Å². The van der Waals surface area contributed by atoms with Crippen molar-refractivity contribution in [2.45, 2.75) is 51.6 Å². The maximum absolute atomic E-state index is 4.72. The molecule has 1 fully saturated rings. The van der Waals surface area contributed by atoms with E-state index < -0.39 is 0 Å². The van der Waals surface area contributed by atoms with Crippen LogP contribution in [0.2, 0.25) is 0 Å². The van der Waals surface area contributed by atoms with Gasteiger partial charge in [0.2, 0.25) is 0 Å². The van der Waals surface area contributed by atoms with Crippen molar-refractivity contribution in [1.29, 1.82) is 0 Å². The van der Waals surface area contributed by atoms with E-state index in [-0.39, 0.29) is 0 Å². The highest BCUT2D eigenvalue weighted by Gasteiger charge is 2.15. The first-order valence-corrected chi connectivity index (χ1v) is 9.05. The van der Waals surface area contributed by atoms with Crippen molar-refractivity contribution in [2.75, 3.05) is 26.7 Å². The number of hydrogen-bond acceptors (Lipinski definition) is 2. The Balaban J connectivity index is 1.68. The monoisotopic (exact) mass is 316 g/mol. The van der Waals surface area contributed by atoms with E-state index >= 15 is 0 Å². The number of nitrogens with zero attached hydrogens (tertiary/aromatic N) is 2. The molecule has 1 aromatic rings. The molecule has 128 valence electrons. The van der Waals surface area contributed by atoms with Gasteiger partial charge >= 0.3 is 0 Å². The minimum absolute atomic E-state index is 0.619. The third kappa shape index (κ3) is 7.04. The summed E-state index contributed by atoms with van der Waals surface area (Å²) in [6, 6.07) is 11.3. The SMILES string of the molecule is CCNC(=NCCCN(C)Cc1ccccc1)NC1CCCC1. The lowest BCUT2D eigenvalue weighted by atomic mass is 10.2. The number of hydrogen-bond donors (Lipinski definition) is 2. The van der Waals surface area contributed by atoms with Gasteiger partial charge in [0.25, 0.3) is 0 Å². The zero-order chi connectivity index (χ0) is 16.3. The first-order chi connectivity index (χ1) is 11.3. The van der Waals surface area contributed by atoms with Gasteiger partial charge in [-0.1, -0.05) is 43.2 Å². The number of rotatable bonds is 8. The molecule has 0 bridgehead atoms. The zero-order valence-corrected chi connectivity index (χ0v) is 14.7. The molecule has 1 saturated carbocycles. The Kier molecular flexibility index (Phi) is 7.95. The molecule has 1 aliphatic carbocycles. The van der Waals surface area contributed by atoms with Crippen molar-refractivity contribution < 1.29 is 0 Å². The van der Waals surface area contributed by atoms with Crippen LogP contribution in [0.3, 0.4) is 0 Å². The zero-order valence-electron chi connectivity index (χ0n) is 14.7. The van der Waals surface area contributed by atoms with Gasteiger partial charge in [-0.3, -0.25) is 4.99 Å². The highest BCUT2D eigenvalue weighted by atomic mass is 15.2. The molecule has 0 radical (unpaired) electrons. The highest BCUT2D eigenvalue weighted by Crippen LogP contribution is 2.17. The minimum Gasteiger partial charge on any atom is -0.357 e. The molecule has 0 saturated heterocycles. The molecule has 23 heavy (non-hydrogen) atoms. The molecule has 4 nitrogen and oxygen atoms in total. The molecule has 4 heteroatoms. The van der Waals surface area contributed by atoms with E-state index in [1.165, 1.54) is 31.2 Å². The fraction of sp³-hybridized carbons (Fsp3) is 0.632. The molecule has 2 rings (SSSR count). The molecule has 1 aromatic carbocycles. The molecule has 0 atom stereocenters. The molecule has 0 aliphatic heterocycles. The maximum atomic E-state index is 4.72. The maximum Gasteiger partial charge on any atom is 0.191 e. The Morgan fingerprint density at radius 1 is 1.22 bits per heavy atom. The molecule has 0 unspecified atom stereocenters. The van der Waals surface area contributed by atoms with Gasteiger partial charge in [0.05, 0.1) is 0 Å². The van der Waals surface area contributed by atoms with Gasteiger partial charge in [-0.2, -0.15) is 0 Å². The van der Waals surface area contributed by atoms with E-state index in [4.69, 9.17) is 4.99 Å². The Labute approximate surface area is 141 Å². The Morgan fingerprint density at radius 3 is 2.65 bits per heavy atom. The summed E-state index contributed by atoms with van der Waals surface area (Å²) in [5, 5.41) is 6.93. The van der Waals surface area contributed by atoms with Crippen LogP contribution in [0.25, 0.3) is 0 Å². The molecular weight excluding hydrogens is 284 g/mol. The normalized spacial score (nSPS) is 16.0. The van der Waals surface area contributed by atoms with Gasteiger partial charge in [-0.05, 0) is 45.3 Å². The van der Waals surface area contributed by atoms with Crippen LogP contribution < -0.4 is 10.6 Å². The second-order valence-electron chi connectivity index (χ2n) is 6.46. The van der Waals surface area contributed by atoms with Gasteiger partial charge in [0, 0.05) is 25.7 Å². The molecule has 0 aromatic heterocycles. The molecule has 0 amide bonds. The van der Waals surface area contributed by atoms with E-state index in [0.29, 0.717) is 6.04 Å². The molecule has 0 spiro atoms. The van der Waals surface area contributed by atoms with E-state index in [1.807, 2.05) is 0 Å². The molecular formula is C19H32N4.